The van der Waals surface area contributed by atoms with E-state index in [2.05, 4.69) is 13.8 Å². The minimum atomic E-state index is -0.933. The Kier molecular flexibility index (Phi) is 6.16. The molecule has 0 aromatic heterocycles. The van der Waals surface area contributed by atoms with Gasteiger partial charge >= 0.3 is 5.97 Å². The first-order valence-electron chi connectivity index (χ1n) is 8.17. The van der Waals surface area contributed by atoms with Crippen LogP contribution in [0, 0.1) is 5.92 Å². The fourth-order valence-electron chi connectivity index (χ4n) is 2.93. The number of aromatic carboxylic acids is 1. The molecule has 2 rings (SSSR count). The molecular formula is C18H25NO4. The van der Waals surface area contributed by atoms with Gasteiger partial charge in [-0.3, -0.25) is 4.79 Å². The normalized spacial score (nSPS) is 18.2. The van der Waals surface area contributed by atoms with Gasteiger partial charge in [-0.2, -0.15) is 0 Å². The van der Waals surface area contributed by atoms with Crippen molar-refractivity contribution in [3.8, 4) is 0 Å². The summed E-state index contributed by atoms with van der Waals surface area (Å²) in [5, 5.41) is 8.89. The Hall–Kier alpha value is -1.88. The first kappa shape index (κ1) is 17.5. The second-order valence-corrected chi connectivity index (χ2v) is 6.45. The van der Waals surface area contributed by atoms with E-state index >= 15 is 0 Å². The average molecular weight is 319 g/mol. The van der Waals surface area contributed by atoms with E-state index in [9.17, 15) is 9.59 Å². The van der Waals surface area contributed by atoms with Crippen molar-refractivity contribution in [2.45, 2.75) is 39.2 Å². The predicted octanol–water partition coefficient (Wildman–Crippen LogP) is 2.59. The zero-order chi connectivity index (χ0) is 16.8. The highest BCUT2D eigenvalue weighted by Gasteiger charge is 2.27. The van der Waals surface area contributed by atoms with Crippen molar-refractivity contribution in [1.29, 1.82) is 0 Å². The zero-order valence-corrected chi connectivity index (χ0v) is 13.8. The summed E-state index contributed by atoms with van der Waals surface area (Å²) >= 11 is 0. The molecule has 0 bridgehead atoms. The Bertz CT molecular complexity index is 538. The van der Waals surface area contributed by atoms with Crippen LogP contribution in [0.15, 0.2) is 24.3 Å². The van der Waals surface area contributed by atoms with Gasteiger partial charge in [0.25, 0.3) is 0 Å². The lowest BCUT2D eigenvalue weighted by Gasteiger charge is -2.36. The van der Waals surface area contributed by atoms with E-state index in [4.69, 9.17) is 9.84 Å². The number of benzene rings is 1. The van der Waals surface area contributed by atoms with E-state index in [1.54, 1.807) is 24.3 Å². The summed E-state index contributed by atoms with van der Waals surface area (Å²) in [6.07, 6.45) is 2.03. The number of morpholine rings is 1. The monoisotopic (exact) mass is 319 g/mol. The molecule has 1 aliphatic rings. The first-order chi connectivity index (χ1) is 11.0. The third-order valence-corrected chi connectivity index (χ3v) is 4.12. The van der Waals surface area contributed by atoms with Gasteiger partial charge in [0.1, 0.15) is 0 Å². The fourth-order valence-corrected chi connectivity index (χ4v) is 2.93. The smallest absolute Gasteiger partial charge is 0.335 e. The maximum absolute atomic E-state index is 12.5. The van der Waals surface area contributed by atoms with E-state index in [-0.39, 0.29) is 17.5 Å². The molecule has 1 amide bonds. The van der Waals surface area contributed by atoms with Gasteiger partial charge in [0, 0.05) is 13.0 Å². The molecule has 1 aromatic carbocycles. The maximum atomic E-state index is 12.5. The molecular weight excluding hydrogens is 294 g/mol. The second-order valence-electron chi connectivity index (χ2n) is 6.45. The molecule has 1 heterocycles. The van der Waals surface area contributed by atoms with Crippen molar-refractivity contribution in [3.63, 3.8) is 0 Å². The quantitative estimate of drug-likeness (QED) is 0.875. The average Bonchev–Trinajstić information content (AvgIpc) is 2.53. The van der Waals surface area contributed by atoms with Crippen LogP contribution in [0.2, 0.25) is 0 Å². The molecule has 0 radical (unpaired) electrons. The van der Waals surface area contributed by atoms with Crippen LogP contribution in [0.3, 0.4) is 0 Å². The maximum Gasteiger partial charge on any atom is 0.335 e. The van der Waals surface area contributed by atoms with E-state index < -0.39 is 5.97 Å². The van der Waals surface area contributed by atoms with Crippen molar-refractivity contribution in [3.05, 3.63) is 35.4 Å². The molecule has 1 N–H and O–H groups in total. The molecule has 1 unspecified atom stereocenters. The first-order valence-corrected chi connectivity index (χ1v) is 8.17. The lowest BCUT2D eigenvalue weighted by atomic mass is 10.0. The summed E-state index contributed by atoms with van der Waals surface area (Å²) < 4.78 is 5.51. The summed E-state index contributed by atoms with van der Waals surface area (Å²) in [4.78, 5) is 25.3. The van der Waals surface area contributed by atoms with Crippen LogP contribution in [0.1, 0.15) is 42.6 Å². The molecule has 1 saturated heterocycles. The Morgan fingerprint density at radius 2 is 2.00 bits per heavy atom. The molecule has 0 saturated carbocycles. The standard InChI is InChI=1S/C18H25NO4/c1-13(2)11-16-12-23-10-9-19(16)17(20)8-5-14-3-6-15(7-4-14)18(21)22/h3-4,6-7,13,16H,5,8-12H2,1-2H3,(H,21,22). The van der Waals surface area contributed by atoms with Gasteiger partial charge < -0.3 is 14.7 Å². The van der Waals surface area contributed by atoms with E-state index in [0.29, 0.717) is 38.5 Å². The lowest BCUT2D eigenvalue weighted by molar-refractivity contribution is -0.140. The molecule has 0 spiro atoms. The van der Waals surface area contributed by atoms with Crippen LogP contribution in [-0.2, 0) is 16.0 Å². The van der Waals surface area contributed by atoms with E-state index in [1.807, 2.05) is 4.90 Å². The number of amides is 1. The fraction of sp³-hybridized carbons (Fsp3) is 0.556. The lowest BCUT2D eigenvalue weighted by Crippen LogP contribution is -2.49. The van der Waals surface area contributed by atoms with Gasteiger partial charge in [-0.05, 0) is 36.5 Å². The van der Waals surface area contributed by atoms with Crippen molar-refractivity contribution in [2.75, 3.05) is 19.8 Å². The molecule has 5 nitrogen and oxygen atoms in total. The van der Waals surface area contributed by atoms with Gasteiger partial charge in [0.15, 0.2) is 0 Å². The van der Waals surface area contributed by atoms with Crippen LogP contribution in [-0.4, -0.2) is 47.7 Å². The Balaban J connectivity index is 1.90. The van der Waals surface area contributed by atoms with Crippen LogP contribution < -0.4 is 0 Å². The summed E-state index contributed by atoms with van der Waals surface area (Å²) in [6.45, 7) is 6.20. The largest absolute Gasteiger partial charge is 0.478 e. The molecule has 1 aliphatic heterocycles. The van der Waals surface area contributed by atoms with Gasteiger partial charge in [-0.25, -0.2) is 4.79 Å². The third-order valence-electron chi connectivity index (χ3n) is 4.12. The number of aryl methyl sites for hydroxylation is 1. The highest BCUT2D eigenvalue weighted by atomic mass is 16.5. The van der Waals surface area contributed by atoms with Crippen molar-refractivity contribution >= 4 is 11.9 Å². The predicted molar refractivity (Wildman–Crippen MR) is 87.5 cm³/mol. The van der Waals surface area contributed by atoms with Crippen LogP contribution in [0.25, 0.3) is 0 Å². The molecule has 1 fully saturated rings. The number of hydrogen-bond donors (Lipinski definition) is 1. The third kappa shape index (κ3) is 5.06. The second kappa shape index (κ2) is 8.11. The molecule has 1 aromatic rings. The van der Waals surface area contributed by atoms with Gasteiger partial charge in [-0.1, -0.05) is 26.0 Å². The molecule has 0 aliphatic carbocycles. The topological polar surface area (TPSA) is 66.8 Å². The Morgan fingerprint density at radius 3 is 2.61 bits per heavy atom. The SMILES string of the molecule is CC(C)CC1COCCN1C(=O)CCc1ccc(C(=O)O)cc1. The van der Waals surface area contributed by atoms with Crippen LogP contribution in [0.4, 0.5) is 0 Å². The highest BCUT2D eigenvalue weighted by molar-refractivity contribution is 5.87. The van der Waals surface area contributed by atoms with Gasteiger partial charge in [0.2, 0.25) is 5.91 Å². The molecule has 1 atom stereocenters. The van der Waals surface area contributed by atoms with E-state index in [0.717, 1.165) is 12.0 Å². The molecule has 23 heavy (non-hydrogen) atoms. The van der Waals surface area contributed by atoms with Crippen molar-refractivity contribution < 1.29 is 19.4 Å². The van der Waals surface area contributed by atoms with Crippen LogP contribution in [0.5, 0.6) is 0 Å². The molecule has 126 valence electrons. The number of carbonyl (C=O) groups excluding carboxylic acids is 1. The molecule has 5 heteroatoms. The number of carboxylic acid groups (broad SMARTS) is 1. The minimum Gasteiger partial charge on any atom is -0.478 e. The Morgan fingerprint density at radius 1 is 1.30 bits per heavy atom. The van der Waals surface area contributed by atoms with Crippen molar-refractivity contribution in [1.82, 2.24) is 4.90 Å². The number of ether oxygens (including phenoxy) is 1. The van der Waals surface area contributed by atoms with Gasteiger partial charge in [0.05, 0.1) is 24.8 Å². The number of carbonyl (C=O) groups is 2. The van der Waals surface area contributed by atoms with Gasteiger partial charge in [-0.15, -0.1) is 0 Å². The number of carboxylic acids is 1. The summed E-state index contributed by atoms with van der Waals surface area (Å²) in [6, 6.07) is 6.89. The summed E-state index contributed by atoms with van der Waals surface area (Å²) in [5.74, 6) is -0.251. The minimum absolute atomic E-state index is 0.154. The van der Waals surface area contributed by atoms with E-state index in [1.165, 1.54) is 0 Å². The number of nitrogens with zero attached hydrogens (tertiary/aromatic N) is 1. The number of hydrogen-bond acceptors (Lipinski definition) is 3. The van der Waals surface area contributed by atoms with Crippen LogP contribution >= 0.6 is 0 Å². The highest BCUT2D eigenvalue weighted by Crippen LogP contribution is 2.17. The summed E-state index contributed by atoms with van der Waals surface area (Å²) in [7, 11) is 0. The number of rotatable bonds is 6. The van der Waals surface area contributed by atoms with Crippen molar-refractivity contribution in [2.24, 2.45) is 5.92 Å². The zero-order valence-electron chi connectivity index (χ0n) is 13.8. The summed E-state index contributed by atoms with van der Waals surface area (Å²) in [5.41, 5.74) is 1.25. The Labute approximate surface area is 137 Å².